The molecule has 1 fully saturated rings. The van der Waals surface area contributed by atoms with Crippen LogP contribution in [0.3, 0.4) is 0 Å². The third-order valence-corrected chi connectivity index (χ3v) is 7.42. The Bertz CT molecular complexity index is 1410. The number of anilines is 1. The highest BCUT2D eigenvalue weighted by Crippen LogP contribution is 2.29. The van der Waals surface area contributed by atoms with Gasteiger partial charge in [-0.25, -0.2) is 9.48 Å². The summed E-state index contributed by atoms with van der Waals surface area (Å²) in [7, 11) is 0. The lowest BCUT2D eigenvalue weighted by Gasteiger charge is -2.34. The van der Waals surface area contributed by atoms with Crippen LogP contribution in [0.2, 0.25) is 0 Å². The molecule has 0 bridgehead atoms. The van der Waals surface area contributed by atoms with Gasteiger partial charge in [-0.05, 0) is 42.1 Å². The predicted molar refractivity (Wildman–Crippen MR) is 134 cm³/mol. The zero-order chi connectivity index (χ0) is 26.2. The molecular weight excluding hydrogens is 505 g/mol. The van der Waals surface area contributed by atoms with Gasteiger partial charge in [-0.1, -0.05) is 35.5 Å². The number of nitrogens with one attached hydrogen (secondary N) is 1. The van der Waals surface area contributed by atoms with Crippen LogP contribution in [0.15, 0.2) is 54.6 Å². The fraction of sp³-hybridized carbons (Fsp3) is 0.280. The minimum Gasteiger partial charge on any atom is -0.334 e. The number of rotatable bonds is 4. The van der Waals surface area contributed by atoms with Crippen molar-refractivity contribution in [1.82, 2.24) is 24.8 Å². The van der Waals surface area contributed by atoms with Gasteiger partial charge in [0.1, 0.15) is 0 Å². The highest BCUT2D eigenvalue weighted by Gasteiger charge is 2.30. The van der Waals surface area contributed by atoms with E-state index in [2.05, 4.69) is 15.6 Å². The first-order chi connectivity index (χ1) is 17.7. The molecule has 3 amide bonds. The number of hydrogen-bond acceptors (Lipinski definition) is 5. The summed E-state index contributed by atoms with van der Waals surface area (Å²) in [6, 6.07) is 14.2. The van der Waals surface area contributed by atoms with Gasteiger partial charge in [-0.3, -0.25) is 10.1 Å². The molecule has 1 aliphatic heterocycles. The molecule has 0 saturated carbocycles. The first-order valence-corrected chi connectivity index (χ1v) is 12.4. The van der Waals surface area contributed by atoms with Crippen molar-refractivity contribution in [3.05, 3.63) is 76.3 Å². The number of carbonyl (C=O) groups is 2. The van der Waals surface area contributed by atoms with Crippen molar-refractivity contribution in [1.29, 1.82) is 0 Å². The van der Waals surface area contributed by atoms with E-state index >= 15 is 0 Å². The third-order valence-electron chi connectivity index (χ3n) is 6.31. The number of carbonyl (C=O) groups excluding carboxylic acids is 2. The molecule has 2 aromatic carbocycles. The van der Waals surface area contributed by atoms with Crippen LogP contribution in [0.1, 0.15) is 26.5 Å². The van der Waals surface area contributed by atoms with Gasteiger partial charge >= 0.3 is 12.2 Å². The van der Waals surface area contributed by atoms with E-state index in [-0.39, 0.29) is 24.3 Å². The van der Waals surface area contributed by atoms with Crippen molar-refractivity contribution in [2.75, 3.05) is 31.5 Å². The number of thiophene rings is 1. The van der Waals surface area contributed by atoms with Crippen LogP contribution in [0.4, 0.5) is 23.8 Å². The quantitative estimate of drug-likeness (QED) is 0.410. The normalized spacial score (nSPS) is 14.3. The Balaban J connectivity index is 1.16. The largest absolute Gasteiger partial charge is 0.416 e. The van der Waals surface area contributed by atoms with Crippen LogP contribution < -0.4 is 5.32 Å². The van der Waals surface area contributed by atoms with Crippen LogP contribution in [-0.2, 0) is 12.7 Å². The van der Waals surface area contributed by atoms with Gasteiger partial charge in [0.2, 0.25) is 0 Å². The summed E-state index contributed by atoms with van der Waals surface area (Å²) in [5.41, 5.74) is 0.482. The molecule has 1 aliphatic rings. The lowest BCUT2D eigenvalue weighted by atomic mass is 10.1. The fourth-order valence-corrected chi connectivity index (χ4v) is 5.16. The second-order valence-electron chi connectivity index (χ2n) is 8.73. The fourth-order valence-electron chi connectivity index (χ4n) is 4.13. The van der Waals surface area contributed by atoms with Crippen LogP contribution in [0, 0.1) is 6.92 Å². The Kier molecular flexibility index (Phi) is 6.59. The SMILES string of the molecule is Cc1c(NC(=O)N2CCN(C(=O)c3cc4ccccc4s3)CC2)nnn1Cc1ccc(C(F)(F)F)cc1. The van der Waals surface area contributed by atoms with Gasteiger partial charge in [0.05, 0.1) is 22.7 Å². The first-order valence-electron chi connectivity index (χ1n) is 11.6. The molecule has 1 saturated heterocycles. The summed E-state index contributed by atoms with van der Waals surface area (Å²) in [5, 5.41) is 11.8. The summed E-state index contributed by atoms with van der Waals surface area (Å²) >= 11 is 1.46. The average Bonchev–Trinajstić information content (AvgIpc) is 3.47. The molecule has 3 heterocycles. The molecule has 1 N–H and O–H groups in total. The average molecular weight is 529 g/mol. The Labute approximate surface area is 214 Å². The van der Waals surface area contributed by atoms with E-state index in [1.54, 1.807) is 16.7 Å². The summed E-state index contributed by atoms with van der Waals surface area (Å²) in [6.45, 7) is 3.52. The Morgan fingerprint density at radius 1 is 1.00 bits per heavy atom. The molecule has 2 aromatic heterocycles. The minimum absolute atomic E-state index is 0.0386. The third kappa shape index (κ3) is 5.29. The van der Waals surface area contributed by atoms with Crippen molar-refractivity contribution in [3.8, 4) is 0 Å². The summed E-state index contributed by atoms with van der Waals surface area (Å²) in [4.78, 5) is 29.8. The number of amides is 3. The highest BCUT2D eigenvalue weighted by atomic mass is 32.1. The number of fused-ring (bicyclic) bond motifs is 1. The maximum absolute atomic E-state index is 12.9. The van der Waals surface area contributed by atoms with Crippen molar-refractivity contribution < 1.29 is 22.8 Å². The summed E-state index contributed by atoms with van der Waals surface area (Å²) in [5.74, 6) is 0.240. The van der Waals surface area contributed by atoms with Crippen LogP contribution in [-0.4, -0.2) is 62.9 Å². The first kappa shape index (κ1) is 24.8. The molecule has 0 unspecified atom stereocenters. The second kappa shape index (κ2) is 9.85. The van der Waals surface area contributed by atoms with Crippen molar-refractivity contribution in [2.24, 2.45) is 0 Å². The number of piperazine rings is 1. The van der Waals surface area contributed by atoms with E-state index in [0.29, 0.717) is 42.3 Å². The van der Waals surface area contributed by atoms with Crippen LogP contribution in [0.25, 0.3) is 10.1 Å². The van der Waals surface area contributed by atoms with Gasteiger partial charge in [0.15, 0.2) is 5.82 Å². The van der Waals surface area contributed by atoms with Gasteiger partial charge < -0.3 is 9.80 Å². The zero-order valence-corrected chi connectivity index (χ0v) is 20.6. The van der Waals surface area contributed by atoms with Crippen LogP contribution >= 0.6 is 11.3 Å². The molecule has 12 heteroatoms. The molecule has 4 aromatic rings. The standard InChI is InChI=1S/C25H23F3N6O2S/c1-16-22(30-31-34(16)15-17-6-8-19(9-7-17)25(26,27)28)29-24(36)33-12-10-32(11-13-33)23(35)21-14-18-4-2-3-5-20(18)37-21/h2-9,14H,10-13,15H2,1H3,(H,29,36). The maximum Gasteiger partial charge on any atom is 0.416 e. The summed E-state index contributed by atoms with van der Waals surface area (Å²) < 4.78 is 40.9. The van der Waals surface area contributed by atoms with Crippen molar-refractivity contribution in [2.45, 2.75) is 19.6 Å². The maximum atomic E-state index is 12.9. The molecule has 0 radical (unpaired) electrons. The van der Waals surface area contributed by atoms with E-state index in [1.165, 1.54) is 28.2 Å². The number of aromatic nitrogens is 3. The van der Waals surface area contributed by atoms with Crippen molar-refractivity contribution in [3.63, 3.8) is 0 Å². The molecule has 8 nitrogen and oxygen atoms in total. The molecule has 0 spiro atoms. The monoisotopic (exact) mass is 528 g/mol. The number of halogens is 3. The van der Waals surface area contributed by atoms with E-state index < -0.39 is 11.7 Å². The predicted octanol–water partition coefficient (Wildman–Crippen LogP) is 4.86. The van der Waals surface area contributed by atoms with Gasteiger partial charge in [0, 0.05) is 30.9 Å². The lowest BCUT2D eigenvalue weighted by molar-refractivity contribution is -0.137. The van der Waals surface area contributed by atoms with Crippen LogP contribution in [0.5, 0.6) is 0 Å². The molecular formula is C25H23F3N6O2S. The molecule has 0 aliphatic carbocycles. The topological polar surface area (TPSA) is 83.4 Å². The lowest BCUT2D eigenvalue weighted by Crippen LogP contribution is -2.51. The molecule has 192 valence electrons. The second-order valence-corrected chi connectivity index (χ2v) is 9.82. The van der Waals surface area contributed by atoms with E-state index in [1.807, 2.05) is 30.3 Å². The number of nitrogens with zero attached hydrogens (tertiary/aromatic N) is 5. The van der Waals surface area contributed by atoms with Crippen molar-refractivity contribution >= 4 is 39.2 Å². The number of alkyl halides is 3. The highest BCUT2D eigenvalue weighted by molar-refractivity contribution is 7.20. The van der Waals surface area contributed by atoms with E-state index in [0.717, 1.165) is 22.2 Å². The molecule has 0 atom stereocenters. The number of urea groups is 1. The Hall–Kier alpha value is -3.93. The molecule has 37 heavy (non-hydrogen) atoms. The number of benzene rings is 2. The smallest absolute Gasteiger partial charge is 0.334 e. The molecule has 5 rings (SSSR count). The number of hydrogen-bond donors (Lipinski definition) is 1. The van der Waals surface area contributed by atoms with E-state index in [4.69, 9.17) is 0 Å². The van der Waals surface area contributed by atoms with E-state index in [9.17, 15) is 22.8 Å². The summed E-state index contributed by atoms with van der Waals surface area (Å²) in [6.07, 6.45) is -4.39. The van der Waals surface area contributed by atoms with Gasteiger partial charge in [0.25, 0.3) is 5.91 Å². The van der Waals surface area contributed by atoms with Gasteiger partial charge in [-0.2, -0.15) is 13.2 Å². The minimum atomic E-state index is -4.39. The van der Waals surface area contributed by atoms with Gasteiger partial charge in [-0.15, -0.1) is 16.4 Å². The Morgan fingerprint density at radius 2 is 1.68 bits per heavy atom. The Morgan fingerprint density at radius 3 is 2.35 bits per heavy atom. The zero-order valence-electron chi connectivity index (χ0n) is 19.8.